The van der Waals surface area contributed by atoms with Gasteiger partial charge >= 0.3 is 0 Å². The summed E-state index contributed by atoms with van der Waals surface area (Å²) in [5.74, 6) is 0.570. The van der Waals surface area contributed by atoms with Gasteiger partial charge in [-0.05, 0) is 36.4 Å². The summed E-state index contributed by atoms with van der Waals surface area (Å²) in [7, 11) is 1.84. The monoisotopic (exact) mass is 327 g/mol. The van der Waals surface area contributed by atoms with E-state index < -0.39 is 12.8 Å². The number of alkyl halides is 1. The van der Waals surface area contributed by atoms with E-state index in [2.05, 4.69) is 15.3 Å². The largest absolute Gasteiger partial charge is 0.491 e. The first-order valence-electron chi connectivity index (χ1n) is 7.61. The van der Waals surface area contributed by atoms with Gasteiger partial charge in [0.05, 0.1) is 28.8 Å². The third-order valence-electron chi connectivity index (χ3n) is 3.60. The molecule has 1 atom stereocenters. The molecule has 0 saturated heterocycles. The van der Waals surface area contributed by atoms with E-state index in [0.29, 0.717) is 5.75 Å². The summed E-state index contributed by atoms with van der Waals surface area (Å²) in [5.41, 5.74) is 3.33. The normalized spacial score (nSPS) is 12.1. The van der Waals surface area contributed by atoms with Gasteiger partial charge in [0.2, 0.25) is 0 Å². The highest BCUT2D eigenvalue weighted by Crippen LogP contribution is 2.24. The van der Waals surface area contributed by atoms with E-state index in [-0.39, 0.29) is 6.61 Å². The molecule has 5 nitrogen and oxygen atoms in total. The molecule has 0 aliphatic heterocycles. The van der Waals surface area contributed by atoms with E-state index in [4.69, 9.17) is 4.74 Å². The molecule has 1 aromatic carbocycles. The van der Waals surface area contributed by atoms with Crippen LogP contribution >= 0.6 is 0 Å². The van der Waals surface area contributed by atoms with E-state index in [1.165, 1.54) is 0 Å². The van der Waals surface area contributed by atoms with Crippen molar-refractivity contribution in [2.45, 2.75) is 6.10 Å². The van der Waals surface area contributed by atoms with E-state index >= 15 is 0 Å². The van der Waals surface area contributed by atoms with Crippen molar-refractivity contribution >= 4 is 16.6 Å². The number of aliphatic hydroxyl groups excluding tert-OH is 1. The molecule has 2 aromatic heterocycles. The van der Waals surface area contributed by atoms with Gasteiger partial charge in [-0.2, -0.15) is 0 Å². The van der Waals surface area contributed by atoms with E-state index in [1.54, 1.807) is 12.3 Å². The maximum Gasteiger partial charge on any atom is 0.120 e. The molecule has 3 rings (SSSR count). The van der Waals surface area contributed by atoms with E-state index in [1.807, 2.05) is 43.4 Å². The molecule has 0 saturated carbocycles. The summed E-state index contributed by atoms with van der Waals surface area (Å²) < 4.78 is 17.6. The van der Waals surface area contributed by atoms with Crippen molar-refractivity contribution in [3.05, 3.63) is 48.7 Å². The Hall–Kier alpha value is -2.73. The van der Waals surface area contributed by atoms with Crippen LogP contribution in [0.1, 0.15) is 0 Å². The van der Waals surface area contributed by atoms with Crippen LogP contribution in [-0.2, 0) is 0 Å². The Labute approximate surface area is 139 Å². The van der Waals surface area contributed by atoms with Gasteiger partial charge in [-0.1, -0.05) is 6.07 Å². The smallest absolute Gasteiger partial charge is 0.120 e. The van der Waals surface area contributed by atoms with Gasteiger partial charge in [0, 0.05) is 12.4 Å². The lowest BCUT2D eigenvalue weighted by Gasteiger charge is -2.10. The van der Waals surface area contributed by atoms with Crippen molar-refractivity contribution in [2.24, 2.45) is 0 Å². The number of nitrogens with zero attached hydrogens (tertiary/aromatic N) is 2. The van der Waals surface area contributed by atoms with Gasteiger partial charge in [-0.3, -0.25) is 4.98 Å². The SMILES string of the molecule is CNc1ccc(-c2ccc3cc(OCC(O)CF)ccc3n2)nc1. The molecule has 0 amide bonds. The molecule has 0 bridgehead atoms. The molecule has 0 fully saturated rings. The van der Waals surface area contributed by atoms with Crippen LogP contribution < -0.4 is 10.1 Å². The van der Waals surface area contributed by atoms with Crippen LogP contribution in [-0.4, -0.2) is 41.5 Å². The predicted octanol–water partition coefficient (Wildman–Crippen LogP) is 3.05. The van der Waals surface area contributed by atoms with Crippen LogP contribution in [0.15, 0.2) is 48.7 Å². The van der Waals surface area contributed by atoms with Crippen LogP contribution in [0, 0.1) is 0 Å². The molecule has 0 aliphatic carbocycles. The average Bonchev–Trinajstić information content (AvgIpc) is 2.65. The zero-order chi connectivity index (χ0) is 16.9. The molecule has 0 spiro atoms. The molecule has 124 valence electrons. The lowest BCUT2D eigenvalue weighted by molar-refractivity contribution is 0.0842. The standard InChI is InChI=1S/C18H18FN3O2/c1-20-13-3-6-17(21-10-13)18-5-2-12-8-15(4-7-16(12)22-18)24-11-14(23)9-19/h2-8,10,14,20,23H,9,11H2,1H3. The minimum absolute atomic E-state index is 0.0742. The number of nitrogens with one attached hydrogen (secondary N) is 1. The first-order valence-corrected chi connectivity index (χ1v) is 7.61. The first kappa shape index (κ1) is 16.1. The van der Waals surface area contributed by atoms with Crippen molar-refractivity contribution in [3.8, 4) is 17.1 Å². The van der Waals surface area contributed by atoms with Gasteiger partial charge < -0.3 is 15.2 Å². The molecular weight excluding hydrogens is 309 g/mol. The number of anilines is 1. The van der Waals surface area contributed by atoms with Gasteiger partial charge in [0.15, 0.2) is 0 Å². The number of halogens is 1. The van der Waals surface area contributed by atoms with Gasteiger partial charge in [-0.15, -0.1) is 0 Å². The number of hydrogen-bond acceptors (Lipinski definition) is 5. The molecule has 0 radical (unpaired) electrons. The zero-order valence-electron chi connectivity index (χ0n) is 13.2. The fourth-order valence-corrected chi connectivity index (χ4v) is 2.27. The third kappa shape index (κ3) is 3.60. The summed E-state index contributed by atoms with van der Waals surface area (Å²) in [4.78, 5) is 9.00. The summed E-state index contributed by atoms with van der Waals surface area (Å²) in [6.45, 7) is -0.896. The number of hydrogen-bond donors (Lipinski definition) is 2. The Morgan fingerprint density at radius 3 is 2.71 bits per heavy atom. The van der Waals surface area contributed by atoms with Gasteiger partial charge in [-0.25, -0.2) is 9.37 Å². The Balaban J connectivity index is 1.83. The van der Waals surface area contributed by atoms with Crippen LogP contribution in [0.25, 0.3) is 22.3 Å². The summed E-state index contributed by atoms with van der Waals surface area (Å²) >= 11 is 0. The maximum atomic E-state index is 12.2. The topological polar surface area (TPSA) is 67.3 Å². The highest BCUT2D eigenvalue weighted by molar-refractivity contribution is 5.82. The highest BCUT2D eigenvalue weighted by Gasteiger charge is 2.07. The van der Waals surface area contributed by atoms with Crippen molar-refractivity contribution in [2.75, 3.05) is 25.6 Å². The number of benzene rings is 1. The second kappa shape index (κ2) is 7.23. The Bertz CT molecular complexity index is 824. The van der Waals surface area contributed by atoms with E-state index in [9.17, 15) is 9.50 Å². The second-order valence-corrected chi connectivity index (χ2v) is 5.35. The number of rotatable bonds is 6. The van der Waals surface area contributed by atoms with Crippen LogP contribution in [0.5, 0.6) is 5.75 Å². The fraction of sp³-hybridized carbons (Fsp3) is 0.222. The molecule has 24 heavy (non-hydrogen) atoms. The second-order valence-electron chi connectivity index (χ2n) is 5.35. The molecular formula is C18H18FN3O2. The van der Waals surface area contributed by atoms with Crippen LogP contribution in [0.3, 0.4) is 0 Å². The average molecular weight is 327 g/mol. The fourth-order valence-electron chi connectivity index (χ4n) is 2.27. The van der Waals surface area contributed by atoms with Gasteiger partial charge in [0.25, 0.3) is 0 Å². The molecule has 3 aromatic rings. The summed E-state index contributed by atoms with van der Waals surface area (Å²) in [5, 5.41) is 13.1. The lowest BCUT2D eigenvalue weighted by atomic mass is 10.1. The highest BCUT2D eigenvalue weighted by atomic mass is 19.1. The number of aromatic nitrogens is 2. The predicted molar refractivity (Wildman–Crippen MR) is 92.0 cm³/mol. The maximum absolute atomic E-state index is 12.2. The third-order valence-corrected chi connectivity index (χ3v) is 3.60. The quantitative estimate of drug-likeness (QED) is 0.728. The lowest BCUT2D eigenvalue weighted by Crippen LogP contribution is -2.19. The number of aliphatic hydroxyl groups is 1. The Morgan fingerprint density at radius 1 is 1.17 bits per heavy atom. The van der Waals surface area contributed by atoms with Crippen molar-refractivity contribution < 1.29 is 14.2 Å². The Morgan fingerprint density at radius 2 is 2.00 bits per heavy atom. The number of ether oxygens (including phenoxy) is 1. The van der Waals surface area contributed by atoms with Gasteiger partial charge in [0.1, 0.15) is 25.1 Å². The van der Waals surface area contributed by atoms with Crippen molar-refractivity contribution in [1.29, 1.82) is 0 Å². The molecule has 1 unspecified atom stereocenters. The number of pyridine rings is 2. The molecule has 2 heterocycles. The molecule has 2 N–H and O–H groups in total. The minimum Gasteiger partial charge on any atom is -0.491 e. The molecule has 0 aliphatic rings. The van der Waals surface area contributed by atoms with Crippen molar-refractivity contribution in [3.63, 3.8) is 0 Å². The number of fused-ring (bicyclic) bond motifs is 1. The summed E-state index contributed by atoms with van der Waals surface area (Å²) in [6, 6.07) is 13.1. The zero-order valence-corrected chi connectivity index (χ0v) is 13.2. The minimum atomic E-state index is -1.10. The van der Waals surface area contributed by atoms with Crippen LogP contribution in [0.4, 0.5) is 10.1 Å². The molecule has 6 heteroatoms. The Kier molecular flexibility index (Phi) is 4.86. The van der Waals surface area contributed by atoms with E-state index in [0.717, 1.165) is 28.0 Å². The van der Waals surface area contributed by atoms with Crippen LogP contribution in [0.2, 0.25) is 0 Å². The van der Waals surface area contributed by atoms with Crippen molar-refractivity contribution in [1.82, 2.24) is 9.97 Å². The summed E-state index contributed by atoms with van der Waals surface area (Å²) in [6.07, 6.45) is 0.654. The first-order chi connectivity index (χ1) is 11.7.